The highest BCUT2D eigenvalue weighted by molar-refractivity contribution is 5.97. The van der Waals surface area contributed by atoms with Crippen LogP contribution in [0.15, 0.2) is 84.9 Å². The molecule has 0 radical (unpaired) electrons. The summed E-state index contributed by atoms with van der Waals surface area (Å²) in [4.78, 5) is 47.0. The topological polar surface area (TPSA) is 162 Å². The molecular weight excluding hydrogens is 732 g/mol. The van der Waals surface area contributed by atoms with Gasteiger partial charge in [-0.25, -0.2) is 24.4 Å². The number of carbonyl (C=O) groups is 3. The van der Waals surface area contributed by atoms with Gasteiger partial charge in [0.2, 0.25) is 6.29 Å². The van der Waals surface area contributed by atoms with E-state index in [9.17, 15) is 14.4 Å². The van der Waals surface area contributed by atoms with E-state index in [4.69, 9.17) is 43.5 Å². The van der Waals surface area contributed by atoms with Crippen molar-refractivity contribution in [3.8, 4) is 22.5 Å². The van der Waals surface area contributed by atoms with Crippen molar-refractivity contribution in [1.29, 1.82) is 0 Å². The van der Waals surface area contributed by atoms with Gasteiger partial charge in [-0.05, 0) is 65.9 Å². The Bertz CT molecular complexity index is 2470. The molecule has 2 fully saturated rings. The lowest BCUT2D eigenvalue weighted by molar-refractivity contribution is -0.0988. The maximum atomic E-state index is 13.4. The number of fused-ring (bicyclic) bond motifs is 3. The lowest BCUT2D eigenvalue weighted by Crippen LogP contribution is -2.36. The fraction of sp³-hybridized carbons (Fsp3) is 0.326. The number of carbonyl (C=O) groups excluding carboxylic acids is 2. The van der Waals surface area contributed by atoms with E-state index in [1.54, 1.807) is 12.1 Å². The minimum atomic E-state index is -1.45. The van der Waals surface area contributed by atoms with Crippen molar-refractivity contribution in [2.24, 2.45) is 7.05 Å². The molecule has 1 N–H and O–H groups in total. The van der Waals surface area contributed by atoms with E-state index in [1.807, 2.05) is 61.6 Å². The number of aryl methyl sites for hydroxylation is 3. The van der Waals surface area contributed by atoms with Gasteiger partial charge in [-0.15, -0.1) is 0 Å². The smallest absolute Gasteiger partial charge is 0.450 e. The molecule has 6 aromatic rings. The lowest BCUT2D eigenvalue weighted by atomic mass is 9.98. The van der Waals surface area contributed by atoms with Crippen molar-refractivity contribution in [3.05, 3.63) is 107 Å². The molecule has 2 saturated heterocycles. The van der Waals surface area contributed by atoms with E-state index in [2.05, 4.69) is 41.2 Å². The van der Waals surface area contributed by atoms with Crippen molar-refractivity contribution < 1.29 is 47.9 Å². The average molecular weight is 775 g/mol. The molecule has 2 aliphatic rings. The zero-order valence-corrected chi connectivity index (χ0v) is 31.9. The van der Waals surface area contributed by atoms with Crippen molar-refractivity contribution in [1.82, 2.24) is 19.1 Å². The van der Waals surface area contributed by atoms with Crippen LogP contribution < -0.4 is 0 Å². The predicted molar refractivity (Wildman–Crippen MR) is 208 cm³/mol. The summed E-state index contributed by atoms with van der Waals surface area (Å²) in [6.45, 7) is 6.19. The van der Waals surface area contributed by atoms with E-state index in [0.717, 1.165) is 68.8 Å². The minimum Gasteiger partial charge on any atom is -0.450 e. The van der Waals surface area contributed by atoms with Gasteiger partial charge >= 0.3 is 18.3 Å². The van der Waals surface area contributed by atoms with Crippen LogP contribution in [0.3, 0.4) is 0 Å². The third-order valence-corrected chi connectivity index (χ3v) is 10.4. The molecule has 2 aromatic heterocycles. The fourth-order valence-electron chi connectivity index (χ4n) is 7.74. The van der Waals surface area contributed by atoms with Crippen molar-refractivity contribution in [2.75, 3.05) is 13.2 Å². The highest BCUT2D eigenvalue weighted by atomic mass is 16.8. The normalized spacial score (nSPS) is 19.4. The summed E-state index contributed by atoms with van der Waals surface area (Å²) in [7, 11) is 2.04. The molecular formula is C43H42N4O10. The summed E-state index contributed by atoms with van der Waals surface area (Å²) in [5.74, 6) is 1.23. The monoisotopic (exact) mass is 774 g/mol. The summed E-state index contributed by atoms with van der Waals surface area (Å²) >= 11 is 0. The van der Waals surface area contributed by atoms with Gasteiger partial charge in [0.15, 0.2) is 12.2 Å². The molecule has 14 heteroatoms. The Hall–Kier alpha value is -6.25. The van der Waals surface area contributed by atoms with E-state index in [0.29, 0.717) is 17.7 Å². The predicted octanol–water partition coefficient (Wildman–Crippen LogP) is 7.45. The van der Waals surface area contributed by atoms with Crippen LogP contribution in [-0.2, 0) is 48.4 Å². The first-order chi connectivity index (χ1) is 27.6. The van der Waals surface area contributed by atoms with Crippen LogP contribution in [0.5, 0.6) is 0 Å². The van der Waals surface area contributed by atoms with E-state index < -0.39 is 49.0 Å². The number of para-hydroxylation sites is 2. The van der Waals surface area contributed by atoms with E-state index in [-0.39, 0.29) is 13.2 Å². The Balaban J connectivity index is 0.959. The number of esters is 1. The third-order valence-electron chi connectivity index (χ3n) is 10.4. The Morgan fingerprint density at radius 3 is 2.28 bits per heavy atom. The van der Waals surface area contributed by atoms with Crippen LogP contribution >= 0.6 is 0 Å². The number of imidazole rings is 2. The molecule has 4 heterocycles. The van der Waals surface area contributed by atoms with Gasteiger partial charge in [0, 0.05) is 32.5 Å². The first-order valence-electron chi connectivity index (χ1n) is 18.9. The van der Waals surface area contributed by atoms with Crippen LogP contribution in [0.4, 0.5) is 9.59 Å². The first kappa shape index (κ1) is 37.7. The molecule has 0 bridgehead atoms. The molecule has 0 saturated carbocycles. The summed E-state index contributed by atoms with van der Waals surface area (Å²) in [5.41, 5.74) is 8.97. The van der Waals surface area contributed by atoms with Gasteiger partial charge in [0.1, 0.15) is 23.9 Å². The number of carboxylic acid groups (broad SMARTS) is 1. The molecule has 2 aliphatic heterocycles. The van der Waals surface area contributed by atoms with Gasteiger partial charge in [-0.2, -0.15) is 0 Å². The SMILES string of the molecule is CCCc1nc2c(C)cc(-c3nc4ccccc4n3C)cc2n1Cc1ccc(-c2ccccc2C(=O)OC(C)OC(=O)O[C@@H]2CO[C@H]3[C@@H]2OC[C@H]3OC(=O)O)cc1. The quantitative estimate of drug-likeness (QED) is 0.0787. The minimum absolute atomic E-state index is 0.0276. The van der Waals surface area contributed by atoms with Crippen LogP contribution in [0.2, 0.25) is 0 Å². The van der Waals surface area contributed by atoms with Crippen LogP contribution in [0.1, 0.15) is 47.6 Å². The van der Waals surface area contributed by atoms with Gasteiger partial charge in [-0.1, -0.05) is 61.5 Å². The molecule has 5 atom stereocenters. The second-order valence-corrected chi connectivity index (χ2v) is 14.3. The Morgan fingerprint density at radius 2 is 1.56 bits per heavy atom. The molecule has 4 aromatic carbocycles. The zero-order chi connectivity index (χ0) is 39.8. The highest BCUT2D eigenvalue weighted by Crippen LogP contribution is 2.33. The van der Waals surface area contributed by atoms with E-state index >= 15 is 0 Å². The zero-order valence-electron chi connectivity index (χ0n) is 31.9. The Labute approximate surface area is 327 Å². The Morgan fingerprint density at radius 1 is 0.860 bits per heavy atom. The van der Waals surface area contributed by atoms with Crippen molar-refractivity contribution >= 4 is 40.3 Å². The second-order valence-electron chi connectivity index (χ2n) is 14.3. The summed E-state index contributed by atoms with van der Waals surface area (Å²) < 4.78 is 36.4. The molecule has 8 rings (SSSR count). The molecule has 294 valence electrons. The molecule has 0 amide bonds. The van der Waals surface area contributed by atoms with Gasteiger partial charge in [-0.3, -0.25) is 0 Å². The fourth-order valence-corrected chi connectivity index (χ4v) is 7.74. The molecule has 57 heavy (non-hydrogen) atoms. The third kappa shape index (κ3) is 7.53. The van der Waals surface area contributed by atoms with Gasteiger partial charge < -0.3 is 42.7 Å². The van der Waals surface area contributed by atoms with E-state index in [1.165, 1.54) is 6.92 Å². The molecule has 0 spiro atoms. The average Bonchev–Trinajstić information content (AvgIpc) is 3.96. The molecule has 1 unspecified atom stereocenters. The number of rotatable bonds is 11. The summed E-state index contributed by atoms with van der Waals surface area (Å²) in [6, 6.07) is 27.6. The number of hydrogen-bond acceptors (Lipinski definition) is 11. The highest BCUT2D eigenvalue weighted by Gasteiger charge is 2.51. The van der Waals surface area contributed by atoms with Gasteiger partial charge in [0.25, 0.3) is 0 Å². The first-order valence-corrected chi connectivity index (χ1v) is 18.9. The standard InChI is InChI=1S/C43H42N4O10/c1-5-10-36-45-37-24(2)19-28(40-44-31-13-8-9-14-32(31)46(40)4)20-33(37)47(36)21-26-15-17-27(18-16-26)29-11-6-7-12-30(29)41(48)54-25(3)55-43(51)57-35-23-53-38-34(56-42(49)50)22-52-39(35)38/h6-9,11-20,25,34-35,38-39H,5,10,21-23H2,1-4H3,(H,49,50)/t25?,34-,35-,38-,39-/m1/s1. The maximum Gasteiger partial charge on any atom is 0.511 e. The van der Waals surface area contributed by atoms with Crippen molar-refractivity contribution in [3.63, 3.8) is 0 Å². The number of benzene rings is 4. The molecule has 14 nitrogen and oxygen atoms in total. The van der Waals surface area contributed by atoms with Crippen molar-refractivity contribution in [2.45, 2.75) is 70.9 Å². The van der Waals surface area contributed by atoms with Crippen LogP contribution in [0.25, 0.3) is 44.6 Å². The Kier molecular flexibility index (Phi) is 10.4. The molecule has 0 aliphatic carbocycles. The number of aromatic nitrogens is 4. The van der Waals surface area contributed by atoms with Crippen LogP contribution in [-0.4, -0.2) is 86.4 Å². The largest absolute Gasteiger partial charge is 0.511 e. The summed E-state index contributed by atoms with van der Waals surface area (Å²) in [6.07, 6.45) is -5.15. The number of ether oxygens (including phenoxy) is 6. The number of nitrogens with zero attached hydrogens (tertiary/aromatic N) is 4. The summed E-state index contributed by atoms with van der Waals surface area (Å²) in [5, 5.41) is 8.93. The van der Waals surface area contributed by atoms with Gasteiger partial charge in [0.05, 0.1) is 40.8 Å². The number of hydrogen-bond donors (Lipinski definition) is 1. The maximum absolute atomic E-state index is 13.4. The van der Waals surface area contributed by atoms with Crippen LogP contribution in [0, 0.1) is 6.92 Å². The second kappa shape index (κ2) is 15.7. The lowest BCUT2D eigenvalue weighted by Gasteiger charge is -2.19.